The fraction of sp³-hybridized carbons (Fsp3) is 0.0741. The average molecular weight is 557 g/mol. The van der Waals surface area contributed by atoms with Gasteiger partial charge in [0.15, 0.2) is 11.6 Å². The van der Waals surface area contributed by atoms with Gasteiger partial charge in [-0.1, -0.05) is 77.3 Å². The van der Waals surface area contributed by atoms with Gasteiger partial charge >= 0.3 is 5.97 Å². The molecule has 3 aromatic carbocycles. The summed E-state index contributed by atoms with van der Waals surface area (Å²) in [6.07, 6.45) is 0.138. The van der Waals surface area contributed by atoms with Gasteiger partial charge in [0.25, 0.3) is 5.91 Å². The lowest BCUT2D eigenvalue weighted by Crippen LogP contribution is -2.22. The van der Waals surface area contributed by atoms with Crippen LogP contribution in [0.4, 0.5) is 11.5 Å². The highest BCUT2D eigenvalue weighted by Gasteiger charge is 2.26. The minimum atomic E-state index is -1.23. The number of aromatic nitrogens is 1. The molecule has 37 heavy (non-hydrogen) atoms. The van der Waals surface area contributed by atoms with E-state index < -0.39 is 18.0 Å². The lowest BCUT2D eigenvalue weighted by molar-refractivity contribution is -0.153. The molecule has 0 radical (unpaired) electrons. The summed E-state index contributed by atoms with van der Waals surface area (Å²) in [5.41, 5.74) is 7.88. The molecule has 1 heterocycles. The third-order valence-electron chi connectivity index (χ3n) is 5.16. The van der Waals surface area contributed by atoms with E-state index in [1.807, 2.05) is 30.3 Å². The molecule has 0 unspecified atom stereocenters. The van der Waals surface area contributed by atoms with Gasteiger partial charge in [-0.15, -0.1) is 0 Å². The smallest absolute Gasteiger partial charge is 0.352 e. The molecule has 0 aliphatic carbocycles. The van der Waals surface area contributed by atoms with Crippen LogP contribution in [-0.2, 0) is 16.1 Å². The fourth-order valence-corrected chi connectivity index (χ4v) is 3.78. The van der Waals surface area contributed by atoms with Crippen LogP contribution in [0.25, 0.3) is 0 Å². The Hall–Kier alpha value is -3.78. The number of halogens is 3. The molecule has 7 nitrogen and oxygen atoms in total. The van der Waals surface area contributed by atoms with Crippen LogP contribution < -0.4 is 15.8 Å². The Morgan fingerprint density at radius 2 is 1.70 bits per heavy atom. The summed E-state index contributed by atoms with van der Waals surface area (Å²) in [5.74, 6) is -0.923. The van der Waals surface area contributed by atoms with E-state index in [0.29, 0.717) is 21.8 Å². The van der Waals surface area contributed by atoms with E-state index in [4.69, 9.17) is 50.0 Å². The van der Waals surface area contributed by atoms with Crippen LogP contribution in [0.5, 0.6) is 5.75 Å². The number of benzene rings is 3. The summed E-state index contributed by atoms with van der Waals surface area (Å²) in [5, 5.41) is 3.65. The van der Waals surface area contributed by atoms with Gasteiger partial charge in [-0.05, 0) is 35.9 Å². The number of nitrogens with one attached hydrogen (secondary N) is 1. The molecule has 0 aliphatic rings. The van der Waals surface area contributed by atoms with Crippen molar-refractivity contribution in [2.45, 2.75) is 12.7 Å². The Morgan fingerprint density at radius 3 is 2.46 bits per heavy atom. The second-order valence-corrected chi connectivity index (χ2v) is 9.09. The van der Waals surface area contributed by atoms with Crippen molar-refractivity contribution in [3.63, 3.8) is 0 Å². The van der Waals surface area contributed by atoms with Crippen molar-refractivity contribution >= 4 is 58.2 Å². The van der Waals surface area contributed by atoms with Crippen molar-refractivity contribution in [3.8, 4) is 5.75 Å². The molecule has 1 aromatic heterocycles. The van der Waals surface area contributed by atoms with E-state index in [9.17, 15) is 9.59 Å². The molecule has 1 atom stereocenters. The SMILES string of the molecule is Nc1ncc(Cl)cc1O[C@@H](C(=O)OCc1ccccc1)c1cccc(NC(=O)c2ccc(Cl)c(Cl)c2)c1. The predicted octanol–water partition coefficient (Wildman–Crippen LogP) is 6.74. The Kier molecular flexibility index (Phi) is 8.50. The number of nitrogens with two attached hydrogens (primary N) is 1. The maximum atomic E-state index is 13.2. The summed E-state index contributed by atoms with van der Waals surface area (Å²) in [7, 11) is 0. The summed E-state index contributed by atoms with van der Waals surface area (Å²) in [6.45, 7) is 0.0383. The number of ether oxygens (including phenoxy) is 2. The molecule has 0 spiro atoms. The van der Waals surface area contributed by atoms with Gasteiger partial charge in [-0.2, -0.15) is 0 Å². The number of nitrogen functional groups attached to an aromatic ring is 1. The summed E-state index contributed by atoms with van der Waals surface area (Å²) in [4.78, 5) is 29.9. The molecule has 10 heteroatoms. The number of pyridine rings is 1. The third-order valence-corrected chi connectivity index (χ3v) is 6.11. The van der Waals surface area contributed by atoms with Crippen molar-refractivity contribution in [2.75, 3.05) is 11.1 Å². The molecule has 0 aliphatic heterocycles. The zero-order valence-electron chi connectivity index (χ0n) is 19.2. The molecule has 0 fully saturated rings. The number of esters is 1. The van der Waals surface area contributed by atoms with Crippen molar-refractivity contribution < 1.29 is 19.1 Å². The zero-order chi connectivity index (χ0) is 26.4. The molecular weight excluding hydrogens is 537 g/mol. The Bertz CT molecular complexity index is 1430. The zero-order valence-corrected chi connectivity index (χ0v) is 21.4. The van der Waals surface area contributed by atoms with Crippen LogP contribution in [0.15, 0.2) is 85.1 Å². The molecule has 0 saturated carbocycles. The van der Waals surface area contributed by atoms with E-state index in [2.05, 4.69) is 10.3 Å². The summed E-state index contributed by atoms with van der Waals surface area (Å²) < 4.78 is 11.5. The summed E-state index contributed by atoms with van der Waals surface area (Å²) >= 11 is 18.0. The first-order valence-corrected chi connectivity index (χ1v) is 12.1. The highest BCUT2D eigenvalue weighted by atomic mass is 35.5. The van der Waals surface area contributed by atoms with Crippen molar-refractivity contribution in [2.24, 2.45) is 0 Å². The molecule has 4 aromatic rings. The van der Waals surface area contributed by atoms with Gasteiger partial charge in [-0.25, -0.2) is 9.78 Å². The van der Waals surface area contributed by atoms with Crippen molar-refractivity contribution in [1.82, 2.24) is 4.98 Å². The molecule has 4 rings (SSSR count). The normalized spacial score (nSPS) is 11.4. The molecule has 188 valence electrons. The molecule has 3 N–H and O–H groups in total. The number of hydrogen-bond acceptors (Lipinski definition) is 6. The van der Waals surface area contributed by atoms with Crippen molar-refractivity contribution in [3.05, 3.63) is 117 Å². The molecule has 0 saturated heterocycles. The number of hydrogen-bond donors (Lipinski definition) is 2. The monoisotopic (exact) mass is 555 g/mol. The number of nitrogens with zero attached hydrogens (tertiary/aromatic N) is 1. The second kappa shape index (κ2) is 12.0. The topological polar surface area (TPSA) is 104 Å². The Morgan fingerprint density at radius 1 is 0.919 bits per heavy atom. The van der Waals surface area contributed by atoms with Crippen LogP contribution in [-0.4, -0.2) is 16.9 Å². The number of carbonyl (C=O) groups is 2. The van der Waals surface area contributed by atoms with Crippen LogP contribution in [0.3, 0.4) is 0 Å². The van der Waals surface area contributed by atoms with Gasteiger partial charge < -0.3 is 20.5 Å². The first-order chi connectivity index (χ1) is 17.8. The molecule has 1 amide bonds. The van der Waals surface area contributed by atoms with Crippen LogP contribution in [0, 0.1) is 0 Å². The molecular formula is C27H20Cl3N3O4. The molecule has 0 bridgehead atoms. The Labute approximate surface area is 228 Å². The lowest BCUT2D eigenvalue weighted by atomic mass is 10.1. The minimum absolute atomic E-state index is 0.0383. The highest BCUT2D eigenvalue weighted by molar-refractivity contribution is 6.42. The average Bonchev–Trinajstić information content (AvgIpc) is 2.90. The number of carbonyl (C=O) groups excluding carboxylic acids is 2. The Balaban J connectivity index is 1.59. The van der Waals surface area contributed by atoms with Gasteiger partial charge in [0.1, 0.15) is 6.61 Å². The maximum Gasteiger partial charge on any atom is 0.352 e. The van der Waals surface area contributed by atoms with E-state index in [1.165, 1.54) is 24.4 Å². The quantitative estimate of drug-likeness (QED) is 0.233. The van der Waals surface area contributed by atoms with E-state index in [-0.39, 0.29) is 28.2 Å². The van der Waals surface area contributed by atoms with Crippen LogP contribution in [0.2, 0.25) is 15.1 Å². The van der Waals surface area contributed by atoms with Gasteiger partial charge in [0.2, 0.25) is 6.10 Å². The van der Waals surface area contributed by atoms with Crippen LogP contribution in [0.1, 0.15) is 27.6 Å². The van der Waals surface area contributed by atoms with E-state index in [1.54, 1.807) is 30.3 Å². The predicted molar refractivity (Wildman–Crippen MR) is 144 cm³/mol. The standard InChI is InChI=1S/C27H20Cl3N3O4/c28-19-13-23(25(31)32-14-19)37-24(27(35)36-15-16-5-2-1-3-6-16)17-7-4-8-20(11-17)33-26(34)18-9-10-21(29)22(30)12-18/h1-14,24H,15H2,(H2,31,32)(H,33,34)/t24-/m1/s1. The first kappa shape index (κ1) is 26.3. The first-order valence-electron chi connectivity index (χ1n) is 10.9. The largest absolute Gasteiger partial charge is 0.470 e. The highest BCUT2D eigenvalue weighted by Crippen LogP contribution is 2.31. The second-order valence-electron chi connectivity index (χ2n) is 7.84. The van der Waals surface area contributed by atoms with Gasteiger partial charge in [0, 0.05) is 29.1 Å². The van der Waals surface area contributed by atoms with Crippen LogP contribution >= 0.6 is 34.8 Å². The van der Waals surface area contributed by atoms with Gasteiger partial charge in [-0.3, -0.25) is 4.79 Å². The van der Waals surface area contributed by atoms with Gasteiger partial charge in [0.05, 0.1) is 15.1 Å². The number of amides is 1. The lowest BCUT2D eigenvalue weighted by Gasteiger charge is -2.20. The van der Waals surface area contributed by atoms with E-state index in [0.717, 1.165) is 5.56 Å². The fourth-order valence-electron chi connectivity index (χ4n) is 3.33. The summed E-state index contributed by atoms with van der Waals surface area (Å²) in [6, 6.07) is 21.8. The number of anilines is 2. The van der Waals surface area contributed by atoms with Crippen molar-refractivity contribution in [1.29, 1.82) is 0 Å². The maximum absolute atomic E-state index is 13.2. The number of rotatable bonds is 8. The minimum Gasteiger partial charge on any atom is -0.470 e. The van der Waals surface area contributed by atoms with E-state index >= 15 is 0 Å². The third kappa shape index (κ3) is 6.92.